The van der Waals surface area contributed by atoms with Crippen LogP contribution in [0.2, 0.25) is 0 Å². The summed E-state index contributed by atoms with van der Waals surface area (Å²) in [6.45, 7) is 6.79. The van der Waals surface area contributed by atoms with Gasteiger partial charge >= 0.3 is 0 Å². The summed E-state index contributed by atoms with van der Waals surface area (Å²) in [5.41, 5.74) is 2.59. The fourth-order valence-corrected chi connectivity index (χ4v) is 2.17. The number of hydrogen-bond donors (Lipinski definition) is 1. The van der Waals surface area contributed by atoms with Crippen LogP contribution >= 0.6 is 15.9 Å². The van der Waals surface area contributed by atoms with Crippen LogP contribution in [0.1, 0.15) is 44.7 Å². The second-order valence-electron chi connectivity index (χ2n) is 5.51. The molecule has 1 nitrogen and oxygen atoms in total. The first-order valence-electron chi connectivity index (χ1n) is 5.79. The summed E-state index contributed by atoms with van der Waals surface area (Å²) < 4.78 is 0. The number of halogens is 1. The number of phenolic OH excluding ortho intramolecular Hbond substituents is 1. The second kappa shape index (κ2) is 5.72. The fourth-order valence-electron chi connectivity index (χ4n) is 1.70. The van der Waals surface area contributed by atoms with E-state index in [2.05, 4.69) is 42.8 Å². The van der Waals surface area contributed by atoms with E-state index in [1.807, 2.05) is 12.1 Å². The van der Waals surface area contributed by atoms with Gasteiger partial charge in [0.15, 0.2) is 0 Å². The molecule has 0 aromatic heterocycles. The third-order valence-electron chi connectivity index (χ3n) is 2.69. The molecule has 1 aromatic carbocycles. The van der Waals surface area contributed by atoms with E-state index in [-0.39, 0.29) is 0 Å². The van der Waals surface area contributed by atoms with Gasteiger partial charge in [0.2, 0.25) is 0 Å². The van der Waals surface area contributed by atoms with Gasteiger partial charge in [0, 0.05) is 10.9 Å². The molecule has 0 spiro atoms. The quantitative estimate of drug-likeness (QED) is 0.798. The molecule has 2 heteroatoms. The van der Waals surface area contributed by atoms with Crippen LogP contribution in [0, 0.1) is 5.41 Å². The average molecular weight is 285 g/mol. The molecule has 90 valence electrons. The van der Waals surface area contributed by atoms with Crippen molar-refractivity contribution in [2.24, 2.45) is 5.41 Å². The number of hydrogen-bond acceptors (Lipinski definition) is 1. The lowest BCUT2D eigenvalue weighted by molar-refractivity contribution is 0.365. The summed E-state index contributed by atoms with van der Waals surface area (Å²) >= 11 is 3.35. The maximum atomic E-state index is 9.72. The molecular formula is C14H21BrO. The minimum atomic E-state index is 0.401. The van der Waals surface area contributed by atoms with Crippen molar-refractivity contribution in [3.63, 3.8) is 0 Å². The second-order valence-corrected chi connectivity index (χ2v) is 6.07. The first-order chi connectivity index (χ1) is 7.42. The maximum Gasteiger partial charge on any atom is 0.119 e. The SMILES string of the molecule is CC(C)(C)CCCc1ccc(CBr)c(O)c1. The number of phenols is 1. The molecule has 0 fully saturated rings. The summed E-state index contributed by atoms with van der Waals surface area (Å²) in [6, 6.07) is 5.99. The van der Waals surface area contributed by atoms with Crippen LogP contribution in [0.4, 0.5) is 0 Å². The van der Waals surface area contributed by atoms with Gasteiger partial charge in [-0.15, -0.1) is 0 Å². The van der Waals surface area contributed by atoms with E-state index >= 15 is 0 Å². The smallest absolute Gasteiger partial charge is 0.119 e. The summed E-state index contributed by atoms with van der Waals surface area (Å²) in [6.07, 6.45) is 3.44. The molecule has 0 radical (unpaired) electrons. The lowest BCUT2D eigenvalue weighted by Crippen LogP contribution is -2.04. The van der Waals surface area contributed by atoms with Crippen LogP contribution in [-0.2, 0) is 11.8 Å². The van der Waals surface area contributed by atoms with Crippen molar-refractivity contribution >= 4 is 15.9 Å². The summed E-state index contributed by atoms with van der Waals surface area (Å²) in [5, 5.41) is 10.4. The molecule has 0 aliphatic heterocycles. The molecule has 0 saturated heterocycles. The molecule has 16 heavy (non-hydrogen) atoms. The van der Waals surface area contributed by atoms with Gasteiger partial charge in [-0.1, -0.05) is 48.8 Å². The van der Waals surface area contributed by atoms with Gasteiger partial charge in [-0.3, -0.25) is 0 Å². The lowest BCUT2D eigenvalue weighted by atomic mass is 9.89. The van der Waals surface area contributed by atoms with Gasteiger partial charge < -0.3 is 5.11 Å². The highest BCUT2D eigenvalue weighted by molar-refractivity contribution is 9.08. The number of aryl methyl sites for hydroxylation is 1. The Hall–Kier alpha value is -0.500. The molecular weight excluding hydrogens is 264 g/mol. The van der Waals surface area contributed by atoms with Gasteiger partial charge in [-0.25, -0.2) is 0 Å². The van der Waals surface area contributed by atoms with E-state index in [1.165, 1.54) is 18.4 Å². The molecule has 1 aromatic rings. The number of alkyl halides is 1. The molecule has 0 bridgehead atoms. The monoisotopic (exact) mass is 284 g/mol. The van der Waals surface area contributed by atoms with Gasteiger partial charge in [-0.2, -0.15) is 0 Å². The largest absolute Gasteiger partial charge is 0.508 e. The minimum absolute atomic E-state index is 0.401. The van der Waals surface area contributed by atoms with E-state index in [0.29, 0.717) is 16.5 Å². The van der Waals surface area contributed by atoms with Crippen LogP contribution in [0.15, 0.2) is 18.2 Å². The minimum Gasteiger partial charge on any atom is -0.508 e. The number of benzene rings is 1. The Bertz CT molecular complexity index is 339. The van der Waals surface area contributed by atoms with Gasteiger partial charge in [-0.05, 0) is 36.3 Å². The topological polar surface area (TPSA) is 20.2 Å². The Morgan fingerprint density at radius 2 is 1.94 bits per heavy atom. The van der Waals surface area contributed by atoms with Crippen LogP contribution in [0.25, 0.3) is 0 Å². The van der Waals surface area contributed by atoms with Crippen molar-refractivity contribution in [3.8, 4) is 5.75 Å². The normalized spacial score (nSPS) is 11.8. The van der Waals surface area contributed by atoms with Crippen LogP contribution < -0.4 is 0 Å². The van der Waals surface area contributed by atoms with E-state index in [9.17, 15) is 5.11 Å². The molecule has 0 unspecified atom stereocenters. The van der Waals surface area contributed by atoms with E-state index in [1.54, 1.807) is 0 Å². The summed E-state index contributed by atoms with van der Waals surface area (Å²) in [4.78, 5) is 0. The van der Waals surface area contributed by atoms with Gasteiger partial charge in [0.05, 0.1) is 0 Å². The molecule has 0 aliphatic rings. The van der Waals surface area contributed by atoms with Crippen LogP contribution in [0.5, 0.6) is 5.75 Å². The Morgan fingerprint density at radius 3 is 2.44 bits per heavy atom. The molecule has 1 N–H and O–H groups in total. The third kappa shape index (κ3) is 4.56. The predicted octanol–water partition coefficient (Wildman–Crippen LogP) is 4.66. The van der Waals surface area contributed by atoms with Crippen LogP contribution in [-0.4, -0.2) is 5.11 Å². The lowest BCUT2D eigenvalue weighted by Gasteiger charge is -2.17. The number of aromatic hydroxyl groups is 1. The zero-order valence-corrected chi connectivity index (χ0v) is 12.0. The van der Waals surface area contributed by atoms with Crippen molar-refractivity contribution < 1.29 is 5.11 Å². The molecule has 0 aliphatic carbocycles. The first kappa shape index (κ1) is 13.6. The highest BCUT2D eigenvalue weighted by atomic mass is 79.9. The van der Waals surface area contributed by atoms with Crippen molar-refractivity contribution in [1.29, 1.82) is 0 Å². The van der Waals surface area contributed by atoms with Crippen molar-refractivity contribution in [3.05, 3.63) is 29.3 Å². The highest BCUT2D eigenvalue weighted by Crippen LogP contribution is 2.25. The summed E-state index contributed by atoms with van der Waals surface area (Å²) in [7, 11) is 0. The third-order valence-corrected chi connectivity index (χ3v) is 3.29. The van der Waals surface area contributed by atoms with Crippen molar-refractivity contribution in [2.45, 2.75) is 45.4 Å². The van der Waals surface area contributed by atoms with E-state index in [4.69, 9.17) is 0 Å². The fraction of sp³-hybridized carbons (Fsp3) is 0.571. The molecule has 0 saturated carbocycles. The summed E-state index contributed by atoms with van der Waals surface area (Å²) in [5.74, 6) is 0.408. The Kier molecular flexibility index (Phi) is 4.85. The van der Waals surface area contributed by atoms with Crippen molar-refractivity contribution in [2.75, 3.05) is 0 Å². The first-order valence-corrected chi connectivity index (χ1v) is 6.91. The Labute approximate surface area is 107 Å². The molecule has 1 rings (SSSR count). The standard InChI is InChI=1S/C14H21BrO/c1-14(2,3)8-4-5-11-6-7-12(10-15)13(16)9-11/h6-7,9,16H,4-5,8,10H2,1-3H3. The van der Waals surface area contributed by atoms with Gasteiger partial charge in [0.1, 0.15) is 5.75 Å². The Morgan fingerprint density at radius 1 is 1.25 bits per heavy atom. The van der Waals surface area contributed by atoms with Gasteiger partial charge in [0.25, 0.3) is 0 Å². The average Bonchev–Trinajstić information content (AvgIpc) is 2.16. The molecule has 0 amide bonds. The molecule has 0 heterocycles. The van der Waals surface area contributed by atoms with E-state index < -0.39 is 0 Å². The number of rotatable bonds is 4. The maximum absolute atomic E-state index is 9.72. The van der Waals surface area contributed by atoms with Crippen LogP contribution in [0.3, 0.4) is 0 Å². The highest BCUT2D eigenvalue weighted by Gasteiger charge is 2.09. The van der Waals surface area contributed by atoms with Crippen molar-refractivity contribution in [1.82, 2.24) is 0 Å². The zero-order chi connectivity index (χ0) is 12.2. The zero-order valence-electron chi connectivity index (χ0n) is 10.4. The molecule has 0 atom stereocenters. The van der Waals surface area contributed by atoms with E-state index in [0.717, 1.165) is 12.0 Å². The Balaban J connectivity index is 2.52. The predicted molar refractivity (Wildman–Crippen MR) is 73.1 cm³/mol.